The van der Waals surface area contributed by atoms with Gasteiger partial charge in [0.1, 0.15) is 5.78 Å². The minimum absolute atomic E-state index is 0.0890. The van der Waals surface area contributed by atoms with Crippen LogP contribution in [0, 0.1) is 23.7 Å². The molecule has 0 aromatic rings. The van der Waals surface area contributed by atoms with Gasteiger partial charge >= 0.3 is 5.97 Å². The van der Waals surface area contributed by atoms with Crippen molar-refractivity contribution in [3.8, 4) is 0 Å². The van der Waals surface area contributed by atoms with E-state index >= 15 is 0 Å². The minimum atomic E-state index is -0.155. The molecule has 0 amide bonds. The van der Waals surface area contributed by atoms with Gasteiger partial charge < -0.3 is 9.53 Å². The van der Waals surface area contributed by atoms with E-state index in [9.17, 15) is 9.59 Å². The SMILES string of the molecule is COC(=O)[C@@H]1[C@H](CC(C)=O)[C@H]2C=C[C@H]1C2. The minimum Gasteiger partial charge on any atom is -0.469 e. The van der Waals surface area contributed by atoms with Crippen molar-refractivity contribution < 1.29 is 14.3 Å². The van der Waals surface area contributed by atoms with E-state index in [1.54, 1.807) is 6.92 Å². The first-order chi connectivity index (χ1) is 7.13. The molecule has 15 heavy (non-hydrogen) atoms. The number of carbonyl (C=O) groups is 2. The van der Waals surface area contributed by atoms with E-state index in [1.165, 1.54) is 7.11 Å². The Morgan fingerprint density at radius 1 is 1.33 bits per heavy atom. The van der Waals surface area contributed by atoms with Gasteiger partial charge in [0.05, 0.1) is 13.0 Å². The van der Waals surface area contributed by atoms with Gasteiger partial charge in [0.25, 0.3) is 0 Å². The van der Waals surface area contributed by atoms with Gasteiger partial charge in [0.15, 0.2) is 0 Å². The summed E-state index contributed by atoms with van der Waals surface area (Å²) in [6, 6.07) is 0. The molecular formula is C12H16O3. The van der Waals surface area contributed by atoms with Crippen molar-refractivity contribution in [1.29, 1.82) is 0 Å². The van der Waals surface area contributed by atoms with Crippen LogP contribution in [0.25, 0.3) is 0 Å². The highest BCUT2D eigenvalue weighted by Gasteiger charge is 2.48. The maximum Gasteiger partial charge on any atom is 0.309 e. The Labute approximate surface area is 89.5 Å². The van der Waals surface area contributed by atoms with Crippen LogP contribution in [0.2, 0.25) is 0 Å². The third kappa shape index (κ3) is 1.71. The lowest BCUT2D eigenvalue weighted by atomic mass is 9.80. The average Bonchev–Trinajstić information content (AvgIpc) is 2.76. The highest BCUT2D eigenvalue weighted by Crippen LogP contribution is 2.49. The standard InChI is InChI=1S/C12H16O3/c1-7(13)5-10-8-3-4-9(6-8)11(10)12(14)15-2/h3-4,8-11H,5-6H2,1-2H3/t8-,9-,10+,11-/m0/s1. The molecule has 2 bridgehead atoms. The predicted octanol–water partition coefficient (Wildman–Crippen LogP) is 1.58. The fourth-order valence-corrected chi connectivity index (χ4v) is 3.02. The zero-order chi connectivity index (χ0) is 11.0. The summed E-state index contributed by atoms with van der Waals surface area (Å²) >= 11 is 0. The van der Waals surface area contributed by atoms with Crippen LogP contribution in [0.15, 0.2) is 12.2 Å². The maximum absolute atomic E-state index is 11.6. The van der Waals surface area contributed by atoms with Crippen LogP contribution in [-0.2, 0) is 14.3 Å². The van der Waals surface area contributed by atoms with Crippen molar-refractivity contribution in [2.75, 3.05) is 7.11 Å². The summed E-state index contributed by atoms with van der Waals surface area (Å²) < 4.78 is 4.81. The van der Waals surface area contributed by atoms with Crippen molar-refractivity contribution >= 4 is 11.8 Å². The van der Waals surface area contributed by atoms with Gasteiger partial charge in [-0.2, -0.15) is 0 Å². The lowest BCUT2D eigenvalue weighted by Crippen LogP contribution is -2.29. The number of ether oxygens (including phenoxy) is 1. The van der Waals surface area contributed by atoms with Gasteiger partial charge in [0.2, 0.25) is 0 Å². The van der Waals surface area contributed by atoms with Crippen LogP contribution < -0.4 is 0 Å². The molecule has 0 aromatic heterocycles. The number of rotatable bonds is 3. The summed E-state index contributed by atoms with van der Waals surface area (Å²) in [7, 11) is 1.42. The highest BCUT2D eigenvalue weighted by atomic mass is 16.5. The molecule has 0 heterocycles. The molecule has 3 heteroatoms. The van der Waals surface area contributed by atoms with E-state index in [1.807, 2.05) is 0 Å². The van der Waals surface area contributed by atoms with Crippen LogP contribution in [-0.4, -0.2) is 18.9 Å². The molecule has 0 aromatic carbocycles. The number of ketones is 1. The Kier molecular flexibility index (Phi) is 2.63. The zero-order valence-electron chi connectivity index (χ0n) is 9.10. The van der Waals surface area contributed by atoms with Crippen LogP contribution in [0.3, 0.4) is 0 Å². The monoisotopic (exact) mass is 208 g/mol. The molecule has 1 saturated carbocycles. The molecule has 2 aliphatic rings. The largest absolute Gasteiger partial charge is 0.469 e. The number of Topliss-reactive ketones (excluding diaryl/α,β-unsaturated/α-hetero) is 1. The molecule has 2 aliphatic carbocycles. The maximum atomic E-state index is 11.6. The van der Waals surface area contributed by atoms with Gasteiger partial charge in [-0.1, -0.05) is 12.2 Å². The van der Waals surface area contributed by atoms with Gasteiger partial charge in [-0.15, -0.1) is 0 Å². The lowest BCUT2D eigenvalue weighted by molar-refractivity contribution is -0.148. The summed E-state index contributed by atoms with van der Waals surface area (Å²) in [4.78, 5) is 22.8. The van der Waals surface area contributed by atoms with E-state index in [2.05, 4.69) is 12.2 Å². The Balaban J connectivity index is 2.16. The van der Waals surface area contributed by atoms with Gasteiger partial charge in [0, 0.05) is 6.42 Å². The third-order valence-electron chi connectivity index (χ3n) is 3.62. The first-order valence-corrected chi connectivity index (χ1v) is 5.39. The molecule has 1 fully saturated rings. The molecule has 82 valence electrons. The molecule has 2 rings (SSSR count). The van der Waals surface area contributed by atoms with Crippen LogP contribution in [0.4, 0.5) is 0 Å². The van der Waals surface area contributed by atoms with Crippen LogP contribution in [0.5, 0.6) is 0 Å². The Morgan fingerprint density at radius 3 is 2.60 bits per heavy atom. The van der Waals surface area contributed by atoms with E-state index in [0.717, 1.165) is 6.42 Å². The van der Waals surface area contributed by atoms with Gasteiger partial charge in [-0.05, 0) is 31.1 Å². The van der Waals surface area contributed by atoms with Crippen LogP contribution >= 0.6 is 0 Å². The normalized spacial score (nSPS) is 36.9. The number of hydrogen-bond acceptors (Lipinski definition) is 3. The number of allylic oxidation sites excluding steroid dienone is 2. The molecule has 0 saturated heterocycles. The molecule has 0 radical (unpaired) electrons. The number of esters is 1. The first kappa shape index (κ1) is 10.4. The zero-order valence-corrected chi connectivity index (χ0v) is 9.10. The van der Waals surface area contributed by atoms with E-state index < -0.39 is 0 Å². The summed E-state index contributed by atoms with van der Waals surface area (Å²) in [5.41, 5.74) is 0. The number of carbonyl (C=O) groups excluding carboxylic acids is 2. The quantitative estimate of drug-likeness (QED) is 0.522. The number of hydrogen-bond donors (Lipinski definition) is 0. The van der Waals surface area contributed by atoms with Crippen molar-refractivity contribution in [1.82, 2.24) is 0 Å². The van der Waals surface area contributed by atoms with Crippen molar-refractivity contribution in [2.45, 2.75) is 19.8 Å². The molecule has 3 nitrogen and oxygen atoms in total. The molecular weight excluding hydrogens is 192 g/mol. The summed E-state index contributed by atoms with van der Waals surface area (Å²) in [5.74, 6) is 0.793. The number of fused-ring (bicyclic) bond motifs is 2. The lowest BCUT2D eigenvalue weighted by Gasteiger charge is -2.24. The van der Waals surface area contributed by atoms with Crippen molar-refractivity contribution in [3.63, 3.8) is 0 Å². The highest BCUT2D eigenvalue weighted by molar-refractivity contribution is 5.79. The predicted molar refractivity (Wildman–Crippen MR) is 55.0 cm³/mol. The Bertz CT molecular complexity index is 319. The molecule has 0 spiro atoms. The number of methoxy groups -OCH3 is 1. The summed E-state index contributed by atoms with van der Waals surface area (Å²) in [6.45, 7) is 1.59. The van der Waals surface area contributed by atoms with E-state index in [0.29, 0.717) is 18.3 Å². The Morgan fingerprint density at radius 2 is 2.00 bits per heavy atom. The van der Waals surface area contributed by atoms with Crippen molar-refractivity contribution in [2.24, 2.45) is 23.7 Å². The third-order valence-corrected chi connectivity index (χ3v) is 3.62. The molecule has 0 aliphatic heterocycles. The fraction of sp³-hybridized carbons (Fsp3) is 0.667. The van der Waals surface area contributed by atoms with Gasteiger partial charge in [-0.3, -0.25) is 4.79 Å². The fourth-order valence-electron chi connectivity index (χ4n) is 3.02. The summed E-state index contributed by atoms with van der Waals surface area (Å²) in [5, 5.41) is 0. The molecule has 0 N–H and O–H groups in total. The second-order valence-corrected chi connectivity index (χ2v) is 4.57. The second-order valence-electron chi connectivity index (χ2n) is 4.57. The smallest absolute Gasteiger partial charge is 0.309 e. The van der Waals surface area contributed by atoms with E-state index in [-0.39, 0.29) is 23.6 Å². The topological polar surface area (TPSA) is 43.4 Å². The molecule has 0 unspecified atom stereocenters. The second kappa shape index (κ2) is 3.80. The van der Waals surface area contributed by atoms with Crippen molar-refractivity contribution in [3.05, 3.63) is 12.2 Å². The Hall–Kier alpha value is -1.12. The van der Waals surface area contributed by atoms with Gasteiger partial charge in [-0.25, -0.2) is 0 Å². The summed E-state index contributed by atoms with van der Waals surface area (Å²) in [6.07, 6.45) is 5.77. The average molecular weight is 208 g/mol. The van der Waals surface area contributed by atoms with Crippen LogP contribution in [0.1, 0.15) is 19.8 Å². The van der Waals surface area contributed by atoms with E-state index in [4.69, 9.17) is 4.74 Å². The first-order valence-electron chi connectivity index (χ1n) is 5.39. The molecule has 4 atom stereocenters.